The van der Waals surface area contributed by atoms with Crippen molar-refractivity contribution in [3.05, 3.63) is 0 Å². The highest BCUT2D eigenvalue weighted by Crippen LogP contribution is 1.88. The molecule has 8 nitrogen and oxygen atoms in total. The zero-order valence-electron chi connectivity index (χ0n) is 18.1. The van der Waals surface area contributed by atoms with Gasteiger partial charge in [-0.2, -0.15) is 0 Å². The smallest absolute Gasteiger partial charge is 0.107 e. The van der Waals surface area contributed by atoms with E-state index in [1.165, 1.54) is 0 Å². The van der Waals surface area contributed by atoms with Crippen molar-refractivity contribution in [2.45, 2.75) is 19.8 Å². The Morgan fingerprint density at radius 1 is 0.448 bits per heavy atom. The van der Waals surface area contributed by atoms with E-state index in [2.05, 4.69) is 12.8 Å². The van der Waals surface area contributed by atoms with Gasteiger partial charge in [-0.05, 0) is 6.42 Å². The van der Waals surface area contributed by atoms with Crippen LogP contribution in [-0.2, 0) is 37.9 Å². The van der Waals surface area contributed by atoms with Crippen molar-refractivity contribution in [3.8, 4) is 12.3 Å². The van der Waals surface area contributed by atoms with E-state index in [1.807, 2.05) is 0 Å². The molecule has 0 aliphatic carbocycles. The summed E-state index contributed by atoms with van der Waals surface area (Å²) in [6.45, 7) is 11.0. The number of ether oxygens (including phenoxy) is 8. The van der Waals surface area contributed by atoms with Crippen LogP contribution in [0.4, 0.5) is 0 Å². The van der Waals surface area contributed by atoms with Crippen molar-refractivity contribution >= 4 is 0 Å². The summed E-state index contributed by atoms with van der Waals surface area (Å²) in [5.74, 6) is 2.39. The molecule has 0 aromatic rings. The summed E-state index contributed by atoms with van der Waals surface area (Å²) < 4.78 is 42.8. The predicted octanol–water partition coefficient (Wildman–Crippen LogP) is 1.55. The maximum atomic E-state index is 5.42. The van der Waals surface area contributed by atoms with Gasteiger partial charge in [0.2, 0.25) is 0 Å². The lowest BCUT2D eigenvalue weighted by atomic mass is 10.4. The number of rotatable bonds is 25. The minimum Gasteiger partial charge on any atom is -0.379 e. The van der Waals surface area contributed by atoms with E-state index < -0.39 is 0 Å². The first-order valence-corrected chi connectivity index (χ1v) is 10.5. The van der Waals surface area contributed by atoms with Crippen molar-refractivity contribution in [1.29, 1.82) is 0 Å². The second kappa shape index (κ2) is 27.2. The highest BCUT2D eigenvalue weighted by Gasteiger charge is 1.94. The monoisotopic (exact) mass is 420 g/mol. The molecule has 0 saturated heterocycles. The number of hydrogen-bond acceptors (Lipinski definition) is 8. The van der Waals surface area contributed by atoms with Gasteiger partial charge in [0.05, 0.1) is 92.5 Å². The van der Waals surface area contributed by atoms with Gasteiger partial charge < -0.3 is 37.9 Å². The van der Waals surface area contributed by atoms with Gasteiger partial charge >= 0.3 is 0 Å². The van der Waals surface area contributed by atoms with E-state index in [4.69, 9.17) is 44.3 Å². The van der Waals surface area contributed by atoms with Crippen LogP contribution >= 0.6 is 0 Å². The SMILES string of the molecule is C#CCOCCOCCOCCOCCOCCOCCOCCOCCCC. The molecular formula is C21H40O8. The number of hydrogen-bond donors (Lipinski definition) is 0. The fourth-order valence-electron chi connectivity index (χ4n) is 1.92. The first kappa shape index (κ1) is 28.2. The maximum Gasteiger partial charge on any atom is 0.107 e. The average Bonchev–Trinajstić information content (AvgIpc) is 2.74. The molecule has 0 spiro atoms. The van der Waals surface area contributed by atoms with Crippen LogP contribution in [0.3, 0.4) is 0 Å². The highest BCUT2D eigenvalue weighted by molar-refractivity contribution is 4.82. The van der Waals surface area contributed by atoms with Gasteiger partial charge in [-0.15, -0.1) is 6.42 Å². The molecule has 0 aromatic heterocycles. The molecular weight excluding hydrogens is 380 g/mol. The fraction of sp³-hybridized carbons (Fsp3) is 0.905. The van der Waals surface area contributed by atoms with Gasteiger partial charge in [-0.1, -0.05) is 19.3 Å². The van der Waals surface area contributed by atoms with Gasteiger partial charge in [-0.3, -0.25) is 0 Å². The summed E-state index contributed by atoms with van der Waals surface area (Å²) in [7, 11) is 0. The molecule has 0 fully saturated rings. The minimum atomic E-state index is 0.318. The first-order valence-electron chi connectivity index (χ1n) is 10.5. The lowest BCUT2D eigenvalue weighted by molar-refractivity contribution is -0.0225. The molecule has 0 atom stereocenters. The molecule has 0 unspecified atom stereocenters. The Morgan fingerprint density at radius 3 is 1.00 bits per heavy atom. The quantitative estimate of drug-likeness (QED) is 0.163. The molecule has 0 heterocycles. The molecule has 0 bridgehead atoms. The van der Waals surface area contributed by atoms with Crippen LogP contribution in [0.5, 0.6) is 0 Å². The van der Waals surface area contributed by atoms with Crippen LogP contribution in [-0.4, -0.2) is 106 Å². The van der Waals surface area contributed by atoms with Crippen molar-refractivity contribution in [2.24, 2.45) is 0 Å². The molecule has 0 aliphatic rings. The molecule has 0 aliphatic heterocycles. The Bertz CT molecular complexity index is 335. The van der Waals surface area contributed by atoms with Gasteiger partial charge in [-0.25, -0.2) is 0 Å². The molecule has 29 heavy (non-hydrogen) atoms. The summed E-state index contributed by atoms with van der Waals surface area (Å²) in [4.78, 5) is 0. The molecule has 0 saturated carbocycles. The van der Waals surface area contributed by atoms with E-state index in [1.54, 1.807) is 0 Å². The van der Waals surface area contributed by atoms with Crippen LogP contribution in [0.2, 0.25) is 0 Å². The molecule has 0 aromatic carbocycles. The molecule has 0 rings (SSSR count). The molecule has 172 valence electrons. The molecule has 0 amide bonds. The predicted molar refractivity (Wildman–Crippen MR) is 110 cm³/mol. The molecule has 0 radical (unpaired) electrons. The Kier molecular flexibility index (Phi) is 26.5. The van der Waals surface area contributed by atoms with Crippen LogP contribution in [0.1, 0.15) is 19.8 Å². The van der Waals surface area contributed by atoms with Crippen molar-refractivity contribution in [3.63, 3.8) is 0 Å². The largest absolute Gasteiger partial charge is 0.379 e. The highest BCUT2D eigenvalue weighted by atomic mass is 16.6. The van der Waals surface area contributed by atoms with E-state index in [-0.39, 0.29) is 0 Å². The third kappa shape index (κ3) is 27.2. The summed E-state index contributed by atoms with van der Waals surface area (Å²) in [5.41, 5.74) is 0. The topological polar surface area (TPSA) is 73.8 Å². The lowest BCUT2D eigenvalue weighted by Gasteiger charge is -2.08. The lowest BCUT2D eigenvalue weighted by Crippen LogP contribution is -2.15. The zero-order valence-corrected chi connectivity index (χ0v) is 18.1. The van der Waals surface area contributed by atoms with Crippen molar-refractivity contribution < 1.29 is 37.9 Å². The summed E-state index contributed by atoms with van der Waals surface area (Å²) in [6, 6.07) is 0. The summed E-state index contributed by atoms with van der Waals surface area (Å²) in [5, 5.41) is 0. The van der Waals surface area contributed by atoms with Crippen LogP contribution in [0, 0.1) is 12.3 Å². The zero-order chi connectivity index (χ0) is 21.1. The molecule has 8 heteroatoms. The van der Waals surface area contributed by atoms with Gasteiger partial charge in [0.1, 0.15) is 6.61 Å². The van der Waals surface area contributed by atoms with Gasteiger partial charge in [0, 0.05) is 6.61 Å². The second-order valence-electron chi connectivity index (χ2n) is 5.90. The first-order chi connectivity index (χ1) is 14.4. The second-order valence-corrected chi connectivity index (χ2v) is 5.90. The van der Waals surface area contributed by atoms with E-state index in [9.17, 15) is 0 Å². The van der Waals surface area contributed by atoms with Crippen LogP contribution < -0.4 is 0 Å². The Balaban J connectivity index is 2.98. The molecule has 0 N–H and O–H groups in total. The van der Waals surface area contributed by atoms with E-state index in [0.717, 1.165) is 19.4 Å². The van der Waals surface area contributed by atoms with Gasteiger partial charge in [0.15, 0.2) is 0 Å². The van der Waals surface area contributed by atoms with E-state index in [0.29, 0.717) is 99.1 Å². The van der Waals surface area contributed by atoms with Crippen LogP contribution in [0.25, 0.3) is 0 Å². The van der Waals surface area contributed by atoms with Crippen molar-refractivity contribution in [2.75, 3.05) is 106 Å². The number of terminal acetylenes is 1. The normalized spacial score (nSPS) is 11.0. The Morgan fingerprint density at radius 2 is 0.724 bits per heavy atom. The summed E-state index contributed by atoms with van der Waals surface area (Å²) >= 11 is 0. The maximum absolute atomic E-state index is 5.42. The van der Waals surface area contributed by atoms with E-state index >= 15 is 0 Å². The standard InChI is InChI=1S/C21H40O8/c1-3-5-7-23-9-11-25-13-15-27-17-19-29-21-20-28-18-16-26-14-12-24-10-8-22-6-4-2/h2H,3,5-21H2,1H3. The minimum absolute atomic E-state index is 0.318. The fourth-order valence-corrected chi connectivity index (χ4v) is 1.92. The number of unbranched alkanes of at least 4 members (excludes halogenated alkanes) is 1. The van der Waals surface area contributed by atoms with Gasteiger partial charge in [0.25, 0.3) is 0 Å². The Labute approximate surface area is 176 Å². The average molecular weight is 421 g/mol. The Hall–Kier alpha value is -0.760. The van der Waals surface area contributed by atoms with Crippen LogP contribution in [0.15, 0.2) is 0 Å². The summed E-state index contributed by atoms with van der Waals surface area (Å²) in [6.07, 6.45) is 7.31. The third-order valence-electron chi connectivity index (χ3n) is 3.43. The third-order valence-corrected chi connectivity index (χ3v) is 3.43. The van der Waals surface area contributed by atoms with Crippen molar-refractivity contribution in [1.82, 2.24) is 0 Å².